The van der Waals surface area contributed by atoms with E-state index in [4.69, 9.17) is 14.0 Å². The largest absolute Gasteiger partial charge is 0.490 e. The van der Waals surface area contributed by atoms with Gasteiger partial charge in [-0.1, -0.05) is 11.2 Å². The zero-order chi connectivity index (χ0) is 18.9. The van der Waals surface area contributed by atoms with E-state index in [0.29, 0.717) is 32.6 Å². The zero-order valence-electron chi connectivity index (χ0n) is 16.1. The van der Waals surface area contributed by atoms with Crippen LogP contribution in [0, 0.1) is 13.8 Å². The van der Waals surface area contributed by atoms with Crippen LogP contribution in [-0.2, 0) is 17.6 Å². The zero-order valence-corrected chi connectivity index (χ0v) is 16.1. The first-order chi connectivity index (χ1) is 12.5. The fourth-order valence-electron chi connectivity index (χ4n) is 2.78. The van der Waals surface area contributed by atoms with E-state index in [1.54, 1.807) is 0 Å². The number of hydrogen-bond acceptors (Lipinski definition) is 5. The van der Waals surface area contributed by atoms with Crippen molar-refractivity contribution in [2.45, 2.75) is 47.0 Å². The Morgan fingerprint density at radius 3 is 2.50 bits per heavy atom. The lowest BCUT2D eigenvalue weighted by molar-refractivity contribution is -0.121. The average Bonchev–Trinajstić information content (AvgIpc) is 2.94. The maximum absolute atomic E-state index is 12.1. The maximum atomic E-state index is 12.1. The van der Waals surface area contributed by atoms with Crippen LogP contribution in [0.15, 0.2) is 22.7 Å². The Morgan fingerprint density at radius 2 is 1.85 bits per heavy atom. The molecule has 0 spiro atoms. The smallest absolute Gasteiger partial charge is 0.220 e. The van der Waals surface area contributed by atoms with Crippen molar-refractivity contribution in [3.8, 4) is 11.5 Å². The van der Waals surface area contributed by atoms with Crippen LogP contribution >= 0.6 is 0 Å². The summed E-state index contributed by atoms with van der Waals surface area (Å²) in [5, 5.41) is 6.87. The third kappa shape index (κ3) is 5.51. The Morgan fingerprint density at radius 1 is 1.12 bits per heavy atom. The molecule has 1 amide bonds. The summed E-state index contributed by atoms with van der Waals surface area (Å²) < 4.78 is 16.3. The Kier molecular flexibility index (Phi) is 7.51. The number of carbonyl (C=O) groups is 1. The summed E-state index contributed by atoms with van der Waals surface area (Å²) in [7, 11) is 0. The number of nitrogens with one attached hydrogen (secondary N) is 1. The molecule has 26 heavy (non-hydrogen) atoms. The monoisotopic (exact) mass is 360 g/mol. The van der Waals surface area contributed by atoms with Crippen molar-refractivity contribution < 1.29 is 18.8 Å². The highest BCUT2D eigenvalue weighted by Crippen LogP contribution is 2.28. The van der Waals surface area contributed by atoms with Crippen molar-refractivity contribution >= 4 is 5.91 Å². The van der Waals surface area contributed by atoms with Gasteiger partial charge in [0.1, 0.15) is 5.76 Å². The van der Waals surface area contributed by atoms with E-state index < -0.39 is 0 Å². The molecule has 2 aromatic rings. The molecule has 2 rings (SSSR count). The Balaban J connectivity index is 1.81. The van der Waals surface area contributed by atoms with Gasteiger partial charge in [0.15, 0.2) is 11.5 Å². The van der Waals surface area contributed by atoms with Crippen LogP contribution in [0.25, 0.3) is 0 Å². The van der Waals surface area contributed by atoms with Crippen LogP contribution in [-0.4, -0.2) is 30.8 Å². The van der Waals surface area contributed by atoms with Gasteiger partial charge in [-0.15, -0.1) is 0 Å². The number of carbonyl (C=O) groups excluding carboxylic acids is 1. The standard InChI is InChI=1S/C20H28N2O4/c1-5-24-18-9-7-16(13-19(18)25-6-2)11-12-21-20(23)10-8-17-14(3)22-26-15(17)4/h7,9,13H,5-6,8,10-12H2,1-4H3,(H,21,23). The van der Waals surface area contributed by atoms with Crippen molar-refractivity contribution in [3.05, 3.63) is 40.8 Å². The molecule has 0 aliphatic carbocycles. The first-order valence-corrected chi connectivity index (χ1v) is 9.12. The lowest BCUT2D eigenvalue weighted by atomic mass is 10.1. The van der Waals surface area contributed by atoms with Gasteiger partial charge in [-0.3, -0.25) is 4.79 Å². The summed E-state index contributed by atoms with van der Waals surface area (Å²) in [6.07, 6.45) is 1.81. The van der Waals surface area contributed by atoms with Gasteiger partial charge >= 0.3 is 0 Å². The summed E-state index contributed by atoms with van der Waals surface area (Å²) in [6.45, 7) is 9.42. The highest BCUT2D eigenvalue weighted by molar-refractivity contribution is 5.76. The number of rotatable bonds is 10. The fourth-order valence-corrected chi connectivity index (χ4v) is 2.78. The molecule has 1 N–H and O–H groups in total. The predicted octanol–water partition coefficient (Wildman–Crippen LogP) is 3.38. The molecule has 0 saturated heterocycles. The van der Waals surface area contributed by atoms with E-state index in [9.17, 15) is 4.79 Å². The Labute approximate surface area is 154 Å². The number of hydrogen-bond donors (Lipinski definition) is 1. The van der Waals surface area contributed by atoms with Crippen molar-refractivity contribution in [2.75, 3.05) is 19.8 Å². The van der Waals surface area contributed by atoms with Crippen molar-refractivity contribution in [1.29, 1.82) is 0 Å². The molecule has 142 valence electrons. The summed E-state index contributed by atoms with van der Waals surface area (Å²) in [4.78, 5) is 12.1. The van der Waals surface area contributed by atoms with Crippen molar-refractivity contribution in [3.63, 3.8) is 0 Å². The Bertz CT molecular complexity index is 705. The molecule has 1 aromatic carbocycles. The molecular formula is C20H28N2O4. The molecule has 0 fully saturated rings. The highest BCUT2D eigenvalue weighted by atomic mass is 16.5. The van der Waals surface area contributed by atoms with E-state index >= 15 is 0 Å². The minimum absolute atomic E-state index is 0.0287. The van der Waals surface area contributed by atoms with Crippen molar-refractivity contribution in [2.24, 2.45) is 0 Å². The molecule has 6 heteroatoms. The minimum atomic E-state index is 0.0287. The fraction of sp³-hybridized carbons (Fsp3) is 0.500. The topological polar surface area (TPSA) is 73.6 Å². The number of benzene rings is 1. The number of amides is 1. The van der Waals surface area contributed by atoms with Gasteiger partial charge in [-0.25, -0.2) is 0 Å². The van der Waals surface area contributed by atoms with E-state index in [1.807, 2.05) is 45.9 Å². The number of aryl methyl sites for hydroxylation is 2. The molecule has 0 unspecified atom stereocenters. The number of aromatic nitrogens is 1. The lowest BCUT2D eigenvalue weighted by Gasteiger charge is -2.12. The first kappa shape index (κ1) is 19.8. The second kappa shape index (κ2) is 9.85. The molecule has 6 nitrogen and oxygen atoms in total. The molecular weight excluding hydrogens is 332 g/mol. The van der Waals surface area contributed by atoms with Crippen LogP contribution < -0.4 is 14.8 Å². The number of ether oxygens (including phenoxy) is 2. The van der Waals surface area contributed by atoms with E-state index in [0.717, 1.165) is 40.5 Å². The summed E-state index contributed by atoms with van der Waals surface area (Å²) in [6, 6.07) is 5.90. The molecule has 0 aliphatic heterocycles. The van der Waals surface area contributed by atoms with Gasteiger partial charge in [0.2, 0.25) is 5.91 Å². The van der Waals surface area contributed by atoms with Crippen LogP contribution in [0.3, 0.4) is 0 Å². The summed E-state index contributed by atoms with van der Waals surface area (Å²) in [5.41, 5.74) is 2.98. The van der Waals surface area contributed by atoms with Gasteiger partial charge < -0.3 is 19.3 Å². The molecule has 1 heterocycles. The van der Waals surface area contributed by atoms with Crippen molar-refractivity contribution in [1.82, 2.24) is 10.5 Å². The molecule has 1 aromatic heterocycles. The average molecular weight is 360 g/mol. The van der Waals surface area contributed by atoms with E-state index in [-0.39, 0.29) is 5.91 Å². The molecule has 0 atom stereocenters. The van der Waals surface area contributed by atoms with Crippen LogP contribution in [0.5, 0.6) is 11.5 Å². The van der Waals surface area contributed by atoms with Crippen LogP contribution in [0.1, 0.15) is 42.8 Å². The highest BCUT2D eigenvalue weighted by Gasteiger charge is 2.11. The third-order valence-corrected chi connectivity index (χ3v) is 4.13. The predicted molar refractivity (Wildman–Crippen MR) is 99.8 cm³/mol. The first-order valence-electron chi connectivity index (χ1n) is 9.12. The third-order valence-electron chi connectivity index (χ3n) is 4.13. The van der Waals surface area contributed by atoms with Crippen LogP contribution in [0.2, 0.25) is 0 Å². The summed E-state index contributed by atoms with van der Waals surface area (Å²) >= 11 is 0. The lowest BCUT2D eigenvalue weighted by Crippen LogP contribution is -2.26. The quantitative estimate of drug-likeness (QED) is 0.703. The SMILES string of the molecule is CCOc1ccc(CCNC(=O)CCc2c(C)noc2C)cc1OCC. The Hall–Kier alpha value is -2.50. The molecule has 0 bridgehead atoms. The normalized spacial score (nSPS) is 10.6. The number of nitrogens with zero attached hydrogens (tertiary/aromatic N) is 1. The van der Waals surface area contributed by atoms with Gasteiger partial charge in [0.25, 0.3) is 0 Å². The van der Waals surface area contributed by atoms with E-state index in [2.05, 4.69) is 10.5 Å². The van der Waals surface area contributed by atoms with Gasteiger partial charge in [0.05, 0.1) is 18.9 Å². The van der Waals surface area contributed by atoms with Gasteiger partial charge in [-0.2, -0.15) is 0 Å². The van der Waals surface area contributed by atoms with E-state index in [1.165, 1.54) is 0 Å². The minimum Gasteiger partial charge on any atom is -0.490 e. The molecule has 0 saturated carbocycles. The molecule has 0 aliphatic rings. The second-order valence-corrected chi connectivity index (χ2v) is 6.05. The van der Waals surface area contributed by atoms with Crippen LogP contribution in [0.4, 0.5) is 0 Å². The second-order valence-electron chi connectivity index (χ2n) is 6.05. The summed E-state index contributed by atoms with van der Waals surface area (Å²) in [5.74, 6) is 2.31. The molecule has 0 radical (unpaired) electrons. The van der Waals surface area contributed by atoms with Gasteiger partial charge in [-0.05, 0) is 58.2 Å². The van der Waals surface area contributed by atoms with Gasteiger partial charge in [0, 0.05) is 18.5 Å². The maximum Gasteiger partial charge on any atom is 0.220 e.